The second kappa shape index (κ2) is 9.55. The molecular weight excluding hydrogens is 328 g/mol. The van der Waals surface area contributed by atoms with Crippen molar-refractivity contribution in [2.24, 2.45) is 0 Å². The number of hydrogen-bond acceptors (Lipinski definition) is 0. The molecule has 0 aromatic heterocycles. The minimum absolute atomic E-state index is 0.511. The molecule has 0 saturated carbocycles. The molecule has 1 aliphatic carbocycles. The zero-order chi connectivity index (χ0) is 19.0. The lowest BCUT2D eigenvalue weighted by Gasteiger charge is -2.37. The van der Waals surface area contributed by atoms with Gasteiger partial charge in [-0.05, 0) is 41.4 Å². The third-order valence-corrected chi connectivity index (χ3v) is 12.1. The number of hydrogen-bond donors (Lipinski definition) is 0. The van der Waals surface area contributed by atoms with Gasteiger partial charge in [0.05, 0.1) is 8.07 Å². The second-order valence-electron chi connectivity index (χ2n) is 9.49. The van der Waals surface area contributed by atoms with E-state index in [-0.39, 0.29) is 0 Å². The molecule has 0 N–H and O–H groups in total. The molecule has 0 spiro atoms. The summed E-state index contributed by atoms with van der Waals surface area (Å²) < 4.78 is 0. The average Bonchev–Trinajstić information content (AvgIpc) is 2.61. The predicted molar refractivity (Wildman–Crippen MR) is 121 cm³/mol. The molecule has 26 heavy (non-hydrogen) atoms. The fourth-order valence-electron chi connectivity index (χ4n) is 3.45. The number of benzene rings is 1. The molecule has 1 unspecified atom stereocenters. The predicted octanol–water partition coefficient (Wildman–Crippen LogP) is 8.28. The summed E-state index contributed by atoms with van der Waals surface area (Å²) >= 11 is 0. The number of rotatable bonds is 8. The lowest BCUT2D eigenvalue weighted by molar-refractivity contribution is 0.582. The van der Waals surface area contributed by atoms with Gasteiger partial charge in [-0.25, -0.2) is 0 Å². The Balaban J connectivity index is 1.93. The van der Waals surface area contributed by atoms with Crippen molar-refractivity contribution in [1.29, 1.82) is 0 Å². The molecule has 0 heterocycles. The summed E-state index contributed by atoms with van der Waals surface area (Å²) in [6.45, 7) is 12.4. The highest BCUT2D eigenvalue weighted by molar-refractivity contribution is 6.80. The van der Waals surface area contributed by atoms with Gasteiger partial charge in [0.2, 0.25) is 0 Å². The van der Waals surface area contributed by atoms with Crippen molar-refractivity contribution in [2.45, 2.75) is 83.0 Å². The summed E-state index contributed by atoms with van der Waals surface area (Å²) in [6, 6.07) is 12.6. The van der Waals surface area contributed by atoms with Crippen LogP contribution in [-0.2, 0) is 0 Å². The summed E-state index contributed by atoms with van der Waals surface area (Å²) in [5.74, 6) is 0.655. The van der Waals surface area contributed by atoms with E-state index >= 15 is 0 Å². The molecule has 0 aliphatic heterocycles. The fourth-order valence-corrected chi connectivity index (χ4v) is 5.34. The monoisotopic (exact) mass is 366 g/mol. The van der Waals surface area contributed by atoms with E-state index in [9.17, 15) is 0 Å². The molecule has 1 atom stereocenters. The maximum atomic E-state index is 2.56. The van der Waals surface area contributed by atoms with Crippen molar-refractivity contribution >= 4 is 8.07 Å². The summed E-state index contributed by atoms with van der Waals surface area (Å²) in [7, 11) is -1.13. The van der Waals surface area contributed by atoms with Gasteiger partial charge in [-0.3, -0.25) is 0 Å². The van der Waals surface area contributed by atoms with Gasteiger partial charge in [0, 0.05) is 0 Å². The quantitative estimate of drug-likeness (QED) is 0.321. The lowest BCUT2D eigenvalue weighted by atomic mass is 9.89. The number of unbranched alkanes of at least 4 members (excludes halogenated alkanes) is 1. The maximum absolute atomic E-state index is 2.56. The van der Waals surface area contributed by atoms with Gasteiger partial charge in [0.1, 0.15) is 0 Å². The Morgan fingerprint density at radius 1 is 1.04 bits per heavy atom. The van der Waals surface area contributed by atoms with E-state index in [4.69, 9.17) is 0 Å². The first-order valence-corrected chi connectivity index (χ1v) is 13.6. The maximum Gasteiger partial charge on any atom is 0.0527 e. The molecule has 0 saturated heterocycles. The van der Waals surface area contributed by atoms with Gasteiger partial charge in [-0.2, -0.15) is 0 Å². The smallest absolute Gasteiger partial charge is 0.0527 e. The van der Waals surface area contributed by atoms with Gasteiger partial charge in [0.15, 0.2) is 0 Å². The first kappa shape index (κ1) is 21.0. The Kier molecular flexibility index (Phi) is 7.70. The highest BCUT2D eigenvalue weighted by Gasteiger charge is 2.33. The highest BCUT2D eigenvalue weighted by Crippen LogP contribution is 2.40. The Bertz CT molecular complexity index is 626. The third kappa shape index (κ3) is 6.43. The first-order chi connectivity index (χ1) is 12.3. The van der Waals surface area contributed by atoms with E-state index in [0.29, 0.717) is 11.0 Å². The van der Waals surface area contributed by atoms with Crippen LogP contribution >= 0.6 is 0 Å². The van der Waals surface area contributed by atoms with Gasteiger partial charge in [-0.15, -0.1) is 0 Å². The first-order valence-electron chi connectivity index (χ1n) is 10.4. The third-order valence-electron chi connectivity index (χ3n) is 6.48. The fraction of sp³-hybridized carbons (Fsp3) is 0.520. The van der Waals surface area contributed by atoms with E-state index in [1.807, 2.05) is 0 Å². The highest BCUT2D eigenvalue weighted by atomic mass is 28.3. The van der Waals surface area contributed by atoms with Gasteiger partial charge < -0.3 is 0 Å². The van der Waals surface area contributed by atoms with Crippen molar-refractivity contribution in [3.8, 4) is 0 Å². The van der Waals surface area contributed by atoms with E-state index < -0.39 is 8.07 Å². The van der Waals surface area contributed by atoms with E-state index in [2.05, 4.69) is 94.6 Å². The van der Waals surface area contributed by atoms with Crippen molar-refractivity contribution in [3.63, 3.8) is 0 Å². The van der Waals surface area contributed by atoms with Crippen molar-refractivity contribution in [3.05, 3.63) is 71.8 Å². The van der Waals surface area contributed by atoms with Crippen LogP contribution in [0.15, 0.2) is 66.3 Å². The zero-order valence-corrected chi connectivity index (χ0v) is 18.6. The topological polar surface area (TPSA) is 0 Å². The molecule has 1 aromatic carbocycles. The Labute approximate surface area is 163 Å². The molecule has 1 aliphatic rings. The Morgan fingerprint density at radius 3 is 2.38 bits per heavy atom. The van der Waals surface area contributed by atoms with Crippen LogP contribution in [-0.4, -0.2) is 8.07 Å². The summed E-state index contributed by atoms with van der Waals surface area (Å²) in [5.41, 5.74) is 2.97. The van der Waals surface area contributed by atoms with Crippen LogP contribution in [0.3, 0.4) is 0 Å². The van der Waals surface area contributed by atoms with Crippen LogP contribution in [0, 0.1) is 0 Å². The van der Waals surface area contributed by atoms with Gasteiger partial charge in [-0.1, -0.05) is 113 Å². The summed E-state index contributed by atoms with van der Waals surface area (Å²) in [5, 5.41) is 0.511. The second-order valence-corrected chi connectivity index (χ2v) is 15.3. The zero-order valence-electron chi connectivity index (χ0n) is 17.6. The number of allylic oxidation sites excluding steroid dienone is 6. The lowest BCUT2D eigenvalue weighted by Crippen LogP contribution is -2.36. The van der Waals surface area contributed by atoms with Crippen molar-refractivity contribution < 1.29 is 0 Å². The minimum Gasteiger partial charge on any atom is -0.0804 e. The van der Waals surface area contributed by atoms with E-state index in [1.54, 1.807) is 0 Å². The normalized spacial score (nSPS) is 17.7. The molecule has 0 radical (unpaired) electrons. The Morgan fingerprint density at radius 2 is 1.77 bits per heavy atom. The summed E-state index contributed by atoms with van der Waals surface area (Å²) in [6.07, 6.45) is 17.6. The van der Waals surface area contributed by atoms with E-state index in [0.717, 1.165) is 12.8 Å². The van der Waals surface area contributed by atoms with Crippen LogP contribution in [0.5, 0.6) is 0 Å². The Hall–Kier alpha value is -1.34. The van der Waals surface area contributed by atoms with Crippen molar-refractivity contribution in [1.82, 2.24) is 0 Å². The van der Waals surface area contributed by atoms with Crippen LogP contribution in [0.1, 0.15) is 64.4 Å². The molecule has 0 amide bonds. The summed E-state index contributed by atoms with van der Waals surface area (Å²) in [4.78, 5) is 0. The van der Waals surface area contributed by atoms with Crippen LogP contribution in [0.4, 0.5) is 0 Å². The minimum atomic E-state index is -1.13. The van der Waals surface area contributed by atoms with E-state index in [1.165, 1.54) is 36.4 Å². The largest absolute Gasteiger partial charge is 0.0804 e. The van der Waals surface area contributed by atoms with Crippen LogP contribution in [0.25, 0.3) is 0 Å². The van der Waals surface area contributed by atoms with Crippen LogP contribution in [0.2, 0.25) is 24.2 Å². The van der Waals surface area contributed by atoms with Gasteiger partial charge >= 0.3 is 0 Å². The van der Waals surface area contributed by atoms with Gasteiger partial charge in [0.25, 0.3) is 0 Å². The van der Waals surface area contributed by atoms with Crippen molar-refractivity contribution in [2.75, 3.05) is 0 Å². The molecule has 2 rings (SSSR count). The standard InChI is InChI=1S/C25H38Si/c1-25(2,3)26(4,5)21-13-12-18-24(23-16-10-7-11-17-23)20-19-22-14-8-6-9-15-22/h6-11,14,16-17,19,24H,12-13,15,18,20-21H2,1-5H3. The molecule has 0 bridgehead atoms. The molecule has 0 nitrogen and oxygen atoms in total. The molecule has 1 heteroatoms. The molecule has 1 aromatic rings. The molecular formula is C25H38Si. The SMILES string of the molecule is CC(C)(C)[Si](C)(C)CCCCC(CC=C1C=CC=CC1)c1ccccc1. The molecule has 0 fully saturated rings. The average molecular weight is 367 g/mol. The van der Waals surface area contributed by atoms with Crippen LogP contribution < -0.4 is 0 Å². The molecule has 142 valence electrons.